The number of esters is 2. The first-order valence-corrected chi connectivity index (χ1v) is 14.9. The first-order valence-electron chi connectivity index (χ1n) is 14.9. The van der Waals surface area contributed by atoms with Gasteiger partial charge in [0, 0.05) is 10.8 Å². The molecule has 2 aliphatic carbocycles. The zero-order valence-corrected chi connectivity index (χ0v) is 25.3. The molecule has 0 spiro atoms. The van der Waals surface area contributed by atoms with Gasteiger partial charge < -0.3 is 9.47 Å². The summed E-state index contributed by atoms with van der Waals surface area (Å²) >= 11 is 0. The molecular weight excluding hydrogens is 508 g/mol. The number of carbonyl (C=O) groups is 2. The molecule has 0 bridgehead atoms. The first kappa shape index (κ1) is 30.3. The van der Waals surface area contributed by atoms with Crippen LogP contribution in [-0.2, 0) is 24.5 Å². The minimum Gasteiger partial charge on any atom is -0.469 e. The summed E-state index contributed by atoms with van der Waals surface area (Å²) in [5.41, 5.74) is 7.66. The predicted octanol–water partition coefficient (Wildman–Crippen LogP) is 8.82. The fourth-order valence-electron chi connectivity index (χ4n) is 7.06. The van der Waals surface area contributed by atoms with E-state index in [0.29, 0.717) is 6.42 Å². The molecule has 2 aromatic rings. The van der Waals surface area contributed by atoms with E-state index >= 15 is 0 Å². The molecule has 0 radical (unpaired) electrons. The van der Waals surface area contributed by atoms with Crippen LogP contribution in [0, 0.1) is 5.41 Å². The normalized spacial score (nSPS) is 20.2. The maximum absolute atomic E-state index is 12.9. The highest BCUT2D eigenvalue weighted by Gasteiger charge is 2.47. The summed E-state index contributed by atoms with van der Waals surface area (Å²) in [7, 11) is 2.94. The Hall–Kier alpha value is -3.66. The lowest BCUT2D eigenvalue weighted by molar-refractivity contribution is -0.143. The van der Waals surface area contributed by atoms with Crippen LogP contribution in [0.4, 0.5) is 0 Å². The monoisotopic (exact) mass is 552 g/mol. The number of carbonyl (C=O) groups excluding carboxylic acids is 2. The van der Waals surface area contributed by atoms with E-state index in [1.54, 1.807) is 0 Å². The van der Waals surface area contributed by atoms with Gasteiger partial charge in [-0.05, 0) is 78.5 Å². The van der Waals surface area contributed by atoms with Gasteiger partial charge in [-0.3, -0.25) is 9.59 Å². The summed E-state index contributed by atoms with van der Waals surface area (Å²) in [5.74, 6) is -0.399. The fraction of sp³-hybridized carbons (Fsp3) is 0.405. The van der Waals surface area contributed by atoms with Gasteiger partial charge in [0.15, 0.2) is 0 Å². The molecule has 4 heteroatoms. The Bertz CT molecular complexity index is 1340. The minimum atomic E-state index is -0.480. The van der Waals surface area contributed by atoms with E-state index in [9.17, 15) is 9.59 Å². The Morgan fingerprint density at radius 2 is 1.51 bits per heavy atom. The van der Waals surface area contributed by atoms with Crippen molar-refractivity contribution in [3.8, 4) is 11.1 Å². The number of rotatable bonds is 12. The molecule has 0 aromatic heterocycles. The van der Waals surface area contributed by atoms with Crippen molar-refractivity contribution in [3.05, 3.63) is 107 Å². The average molecular weight is 553 g/mol. The third kappa shape index (κ3) is 6.02. The van der Waals surface area contributed by atoms with E-state index in [1.807, 2.05) is 13.0 Å². The topological polar surface area (TPSA) is 52.6 Å². The van der Waals surface area contributed by atoms with Crippen molar-refractivity contribution in [2.75, 3.05) is 14.2 Å². The molecule has 41 heavy (non-hydrogen) atoms. The average Bonchev–Trinajstić information content (AvgIpc) is 3.40. The van der Waals surface area contributed by atoms with Gasteiger partial charge in [-0.25, -0.2) is 0 Å². The highest BCUT2D eigenvalue weighted by molar-refractivity contribution is 5.84. The Labute approximate surface area is 245 Å². The quantitative estimate of drug-likeness (QED) is 0.247. The van der Waals surface area contributed by atoms with E-state index < -0.39 is 5.41 Å². The molecule has 0 amide bonds. The Balaban J connectivity index is 1.76. The summed E-state index contributed by atoms with van der Waals surface area (Å²) in [4.78, 5) is 25.8. The number of ether oxygens (including phenoxy) is 2. The van der Waals surface area contributed by atoms with Gasteiger partial charge in [0.05, 0.1) is 27.1 Å². The molecule has 1 atom stereocenters. The van der Waals surface area contributed by atoms with Crippen LogP contribution in [0.1, 0.15) is 83.3 Å². The molecule has 0 N–H and O–H groups in total. The highest BCUT2D eigenvalue weighted by atomic mass is 16.5. The van der Waals surface area contributed by atoms with Crippen molar-refractivity contribution in [2.45, 2.75) is 77.6 Å². The fourth-order valence-corrected chi connectivity index (χ4v) is 7.06. The van der Waals surface area contributed by atoms with Crippen molar-refractivity contribution >= 4 is 11.9 Å². The van der Waals surface area contributed by atoms with E-state index in [-0.39, 0.29) is 23.8 Å². The molecule has 2 aliphatic rings. The van der Waals surface area contributed by atoms with Crippen molar-refractivity contribution in [2.24, 2.45) is 5.41 Å². The third-order valence-electron chi connectivity index (χ3n) is 9.03. The van der Waals surface area contributed by atoms with Crippen LogP contribution < -0.4 is 0 Å². The van der Waals surface area contributed by atoms with Crippen molar-refractivity contribution in [3.63, 3.8) is 0 Å². The molecule has 1 unspecified atom stereocenters. The van der Waals surface area contributed by atoms with Crippen LogP contribution >= 0.6 is 0 Å². The number of hydrogen-bond donors (Lipinski definition) is 0. The molecule has 0 aliphatic heterocycles. The predicted molar refractivity (Wildman–Crippen MR) is 166 cm³/mol. The third-order valence-corrected chi connectivity index (χ3v) is 9.03. The van der Waals surface area contributed by atoms with Gasteiger partial charge in [0.2, 0.25) is 0 Å². The molecule has 0 saturated carbocycles. The van der Waals surface area contributed by atoms with Crippen molar-refractivity contribution in [1.82, 2.24) is 0 Å². The number of methoxy groups -OCH3 is 2. The lowest BCUT2D eigenvalue weighted by Gasteiger charge is -2.35. The van der Waals surface area contributed by atoms with Gasteiger partial charge >= 0.3 is 11.9 Å². The molecule has 2 aromatic carbocycles. The molecule has 0 saturated heterocycles. The maximum Gasteiger partial charge on any atom is 0.306 e. The summed E-state index contributed by atoms with van der Waals surface area (Å²) in [6, 6.07) is 16.9. The van der Waals surface area contributed by atoms with Crippen LogP contribution in [0.15, 0.2) is 95.6 Å². The van der Waals surface area contributed by atoms with E-state index in [0.717, 1.165) is 38.5 Å². The lowest BCUT2D eigenvalue weighted by Crippen LogP contribution is -2.31. The Morgan fingerprint density at radius 1 is 0.902 bits per heavy atom. The maximum atomic E-state index is 12.9. The van der Waals surface area contributed by atoms with Gasteiger partial charge in [-0.2, -0.15) is 0 Å². The summed E-state index contributed by atoms with van der Waals surface area (Å²) in [6.07, 6.45) is 16.7. The highest BCUT2D eigenvalue weighted by Crippen LogP contribution is 2.56. The number of fused-ring (bicyclic) bond motifs is 3. The second kappa shape index (κ2) is 13.3. The smallest absolute Gasteiger partial charge is 0.306 e. The van der Waals surface area contributed by atoms with E-state index in [4.69, 9.17) is 9.47 Å². The molecular formula is C37H44O4. The standard InChI is InChI=1S/C37H44O4/c1-6-8-10-19-31-27(3)28(16-9-7-2)24-36(31,25-34(38)40-4)22-15-23-37(26-35(39)41-5)32-20-13-11-17-29(32)30-18-12-14-21-33(30)37/h7,9-14,16-21H,6,8,15,22-26H2,1-5H3/b9-7-,19-10-,28-16+. The first-order chi connectivity index (χ1) is 19.9. The molecule has 0 heterocycles. The number of unbranched alkanes of at least 4 members (excludes halogenated alkanes) is 1. The van der Waals surface area contributed by atoms with Gasteiger partial charge in [0.1, 0.15) is 0 Å². The minimum absolute atomic E-state index is 0.188. The van der Waals surface area contributed by atoms with Crippen molar-refractivity contribution < 1.29 is 19.1 Å². The molecule has 0 fully saturated rings. The van der Waals surface area contributed by atoms with Crippen LogP contribution in [0.25, 0.3) is 11.1 Å². The molecule has 4 nitrogen and oxygen atoms in total. The number of benzene rings is 2. The van der Waals surface area contributed by atoms with Gasteiger partial charge in [-0.15, -0.1) is 0 Å². The molecule has 216 valence electrons. The van der Waals surface area contributed by atoms with Crippen LogP contribution in [-0.4, -0.2) is 26.2 Å². The van der Waals surface area contributed by atoms with E-state index in [2.05, 4.69) is 86.7 Å². The second-order valence-corrected chi connectivity index (χ2v) is 11.4. The number of allylic oxidation sites excluding steroid dienone is 8. The zero-order valence-electron chi connectivity index (χ0n) is 25.3. The lowest BCUT2D eigenvalue weighted by atomic mass is 9.68. The van der Waals surface area contributed by atoms with Crippen LogP contribution in [0.5, 0.6) is 0 Å². The van der Waals surface area contributed by atoms with Gasteiger partial charge in [-0.1, -0.05) is 98.7 Å². The van der Waals surface area contributed by atoms with Crippen molar-refractivity contribution in [1.29, 1.82) is 0 Å². The van der Waals surface area contributed by atoms with Gasteiger partial charge in [0.25, 0.3) is 0 Å². The molecule has 4 rings (SSSR count). The van der Waals surface area contributed by atoms with Crippen LogP contribution in [0.3, 0.4) is 0 Å². The zero-order chi connectivity index (χ0) is 29.5. The Kier molecular flexibility index (Phi) is 9.86. The Morgan fingerprint density at radius 3 is 2.10 bits per heavy atom. The van der Waals surface area contributed by atoms with Crippen LogP contribution in [0.2, 0.25) is 0 Å². The largest absolute Gasteiger partial charge is 0.469 e. The summed E-state index contributed by atoms with van der Waals surface area (Å²) in [5, 5.41) is 0. The SMILES string of the molecule is C/C=C\C=C1/CC(CCCC2(CC(=O)OC)c3ccccc3-c3ccccc32)(CC(=O)OC)C(/C=C\CCC)=C1C. The summed E-state index contributed by atoms with van der Waals surface area (Å²) in [6.45, 7) is 6.38. The van der Waals surface area contributed by atoms with E-state index in [1.165, 1.54) is 53.2 Å². The number of hydrogen-bond acceptors (Lipinski definition) is 4. The second-order valence-electron chi connectivity index (χ2n) is 11.4. The summed E-state index contributed by atoms with van der Waals surface area (Å²) < 4.78 is 10.5.